The topological polar surface area (TPSA) is 441 Å². The van der Waals surface area contributed by atoms with Gasteiger partial charge in [-0.3, -0.25) is 33.8 Å². The van der Waals surface area contributed by atoms with E-state index in [9.17, 15) is 72.6 Å². The second-order valence-corrected chi connectivity index (χ2v) is 22.5. The lowest BCUT2D eigenvalue weighted by atomic mass is 9.72. The third-order valence-corrected chi connectivity index (χ3v) is 17.1. The van der Waals surface area contributed by atoms with Crippen LogP contribution in [-0.4, -0.2) is 149 Å². The molecule has 83 heavy (non-hydrogen) atoms. The number of sulfonamides is 1. The van der Waals surface area contributed by atoms with Gasteiger partial charge in [0.05, 0.1) is 76.8 Å². The maximum absolute atomic E-state index is 14.1. The molecular formula is C53H49N9O19S2. The number of aliphatic hydroxyl groups excluding tert-OH is 2. The summed E-state index contributed by atoms with van der Waals surface area (Å²) in [4.78, 5) is 110. The first-order valence-corrected chi connectivity index (χ1v) is 27.5. The van der Waals surface area contributed by atoms with E-state index in [1.54, 1.807) is 12.1 Å². The number of aliphatic hydroxyl groups is 3. The van der Waals surface area contributed by atoms with Gasteiger partial charge in [0.15, 0.2) is 29.0 Å². The minimum absolute atomic E-state index is 0.00261. The summed E-state index contributed by atoms with van der Waals surface area (Å²) >= 11 is 0.666. The summed E-state index contributed by atoms with van der Waals surface area (Å²) in [6.07, 6.45) is -7.17. The van der Waals surface area contributed by atoms with Gasteiger partial charge < -0.3 is 66.0 Å². The number of nitrogens with zero attached hydrogens (tertiary/aromatic N) is 4. The molecule has 1 aliphatic heterocycles. The molecule has 3 aliphatic rings. The average molecular weight is 1180 g/mol. The van der Waals surface area contributed by atoms with Gasteiger partial charge in [-0.15, -0.1) is 11.3 Å². The Bertz CT molecular complexity index is 4030. The number of carboxylic acid groups (broad SMARTS) is 1. The number of carbonyl (C=O) groups is 6. The number of phenols is 2. The highest BCUT2D eigenvalue weighted by Crippen LogP contribution is 2.53. The standard InChI is InChI=1S/C53H49N9O19S2/c1-21-42(66)30(15-36(79-21)81-32-17-53(75,34(64)20-63)16-27-38(32)46(70)40-39(44(27)68)43(67)26-4-3-5-31(78-2)37(26)45(40)69)62-83(76,77)52-59-28-11-10-25(14-33(28)82-52)80-35(65)13-12-29(50(73)74)58-48(71)22-6-8-23(9-7-22)55-18-24-19-56-47-41(57-24)49(72)61-51(54)60-47/h3-11,14,19,21,29-30,32,36,42,55,62-63,66,68,70,75H,12-13,15-18,20H2,1-2H3,(H,58,71)(H,73,74)(H3,54,56,60,61,72). The number of carboxylic acids is 1. The molecule has 12 N–H and O–H groups in total. The van der Waals surface area contributed by atoms with E-state index < -0.39 is 152 Å². The Morgan fingerprint density at radius 3 is 2.46 bits per heavy atom. The number of phenolic OH excluding ortho intramolecular Hbond substituents is 2. The van der Waals surface area contributed by atoms with Crippen LogP contribution in [0.2, 0.25) is 0 Å². The fourth-order valence-corrected chi connectivity index (χ4v) is 12.6. The van der Waals surface area contributed by atoms with Gasteiger partial charge in [-0.05, 0) is 55.8 Å². The van der Waals surface area contributed by atoms with Gasteiger partial charge in [-0.1, -0.05) is 12.1 Å². The van der Waals surface area contributed by atoms with E-state index in [1.165, 1.54) is 68.8 Å². The first-order chi connectivity index (χ1) is 39.5. The molecule has 3 aromatic heterocycles. The van der Waals surface area contributed by atoms with Crippen LogP contribution < -0.4 is 36.1 Å². The second kappa shape index (κ2) is 22.5. The van der Waals surface area contributed by atoms with Crippen LogP contribution in [0.25, 0.3) is 21.4 Å². The van der Waals surface area contributed by atoms with E-state index in [2.05, 4.69) is 40.3 Å². The smallest absolute Gasteiger partial charge is 0.326 e. The first-order valence-electron chi connectivity index (χ1n) is 25.2. The quantitative estimate of drug-likeness (QED) is 0.0329. The SMILES string of the molecule is COc1cccc2c1C(=O)c1c(O)c3c(c(O)c1C2=O)CC(O)(C(=O)CO)CC3OC1CC(NS(=O)(=O)c2nc3ccc(OC(=O)CCC(NC(=O)c4ccc(NCc5cnc6nc(N)[nH]c(=O)c6n5)cc4)C(=O)O)cc3s2)C(O)C(C)O1. The van der Waals surface area contributed by atoms with E-state index in [4.69, 9.17) is 24.7 Å². The van der Waals surface area contributed by atoms with Gasteiger partial charge in [-0.2, -0.15) is 4.98 Å². The summed E-state index contributed by atoms with van der Waals surface area (Å²) in [5, 5.41) is 71.8. The van der Waals surface area contributed by atoms with Crippen molar-refractivity contribution in [2.75, 3.05) is 24.8 Å². The van der Waals surface area contributed by atoms with E-state index in [0.29, 0.717) is 22.7 Å². The lowest BCUT2D eigenvalue weighted by Gasteiger charge is -2.42. The van der Waals surface area contributed by atoms with Crippen LogP contribution in [0.15, 0.2) is 76.0 Å². The van der Waals surface area contributed by atoms with Crippen molar-refractivity contribution >= 4 is 89.6 Å². The summed E-state index contributed by atoms with van der Waals surface area (Å²) in [5.74, 6) is -7.80. The Balaban J connectivity index is 0.778. The largest absolute Gasteiger partial charge is 0.507 e. The van der Waals surface area contributed by atoms with Crippen molar-refractivity contribution in [3.05, 3.63) is 122 Å². The molecular weight excluding hydrogens is 1130 g/mol. The number of Topliss-reactive ketones (excluding diaryl/α,β-unsaturated/α-hetero) is 1. The summed E-state index contributed by atoms with van der Waals surface area (Å²) in [7, 11) is -3.33. The Morgan fingerprint density at radius 1 is 0.988 bits per heavy atom. The zero-order chi connectivity index (χ0) is 59.4. The molecule has 28 nitrogen and oxygen atoms in total. The number of amides is 1. The molecule has 1 amide bonds. The third kappa shape index (κ3) is 11.2. The zero-order valence-electron chi connectivity index (χ0n) is 43.4. The number of esters is 1. The Kier molecular flexibility index (Phi) is 15.5. The van der Waals surface area contributed by atoms with E-state index >= 15 is 0 Å². The maximum atomic E-state index is 14.1. The molecule has 7 aromatic rings. The van der Waals surface area contributed by atoms with Gasteiger partial charge in [-0.25, -0.2) is 32.9 Å². The number of hydrogen-bond donors (Lipinski definition) is 11. The number of benzene rings is 4. The number of rotatable bonds is 18. The van der Waals surface area contributed by atoms with Gasteiger partial charge in [0, 0.05) is 59.7 Å². The van der Waals surface area contributed by atoms with Crippen LogP contribution in [-0.2, 0) is 46.8 Å². The number of methoxy groups -OCH3 is 1. The molecule has 0 spiro atoms. The molecule has 1 fully saturated rings. The third-order valence-electron chi connectivity index (χ3n) is 14.2. The van der Waals surface area contributed by atoms with E-state index in [0.717, 1.165) is 0 Å². The van der Waals surface area contributed by atoms with Gasteiger partial charge in [0.1, 0.15) is 41.2 Å². The highest BCUT2D eigenvalue weighted by molar-refractivity contribution is 7.91. The van der Waals surface area contributed by atoms with Crippen LogP contribution in [0.1, 0.15) is 97.7 Å². The minimum atomic E-state index is -4.60. The number of ether oxygens (including phenoxy) is 4. The minimum Gasteiger partial charge on any atom is -0.507 e. The fraction of sp³-hybridized carbons (Fsp3) is 0.302. The number of H-pyrrole nitrogens is 1. The van der Waals surface area contributed by atoms with Gasteiger partial charge in [0.2, 0.25) is 16.1 Å². The molecule has 10 rings (SSSR count). The van der Waals surface area contributed by atoms with Crippen molar-refractivity contribution in [2.45, 2.75) is 92.2 Å². The summed E-state index contributed by atoms with van der Waals surface area (Å²) in [5.41, 5.74) is 1.56. The highest BCUT2D eigenvalue weighted by Gasteiger charge is 2.51. The molecule has 0 radical (unpaired) electrons. The molecule has 0 saturated carbocycles. The second-order valence-electron chi connectivity index (χ2n) is 19.6. The number of aromatic amines is 1. The van der Waals surface area contributed by atoms with E-state index in [-0.39, 0.29) is 79.6 Å². The number of carbonyl (C=O) groups excluding carboxylic acids is 5. The maximum Gasteiger partial charge on any atom is 0.326 e. The number of aromatic hydroxyl groups is 2. The molecule has 2 aliphatic carbocycles. The number of fused-ring (bicyclic) bond motifs is 5. The molecule has 30 heteroatoms. The summed E-state index contributed by atoms with van der Waals surface area (Å²) in [6, 6.07) is 11.3. The van der Waals surface area contributed by atoms with Crippen molar-refractivity contribution in [2.24, 2.45) is 0 Å². The number of nitrogens with one attached hydrogen (secondary N) is 4. The monoisotopic (exact) mass is 1180 g/mol. The number of nitrogens with two attached hydrogens (primary N) is 1. The number of hydrogen-bond acceptors (Lipinski definition) is 25. The molecule has 1 saturated heterocycles. The lowest BCUT2D eigenvalue weighted by Crippen LogP contribution is -2.55. The van der Waals surface area contributed by atoms with Crippen LogP contribution in [0, 0.1) is 0 Å². The van der Waals surface area contributed by atoms with Crippen LogP contribution >= 0.6 is 11.3 Å². The Hall–Kier alpha value is -8.88. The van der Waals surface area contributed by atoms with Gasteiger partial charge >= 0.3 is 11.9 Å². The summed E-state index contributed by atoms with van der Waals surface area (Å²) < 4.78 is 53.1. The predicted molar refractivity (Wildman–Crippen MR) is 287 cm³/mol. The fourth-order valence-electron chi connectivity index (χ4n) is 10.1. The molecule has 4 heterocycles. The Morgan fingerprint density at radius 2 is 1.73 bits per heavy atom. The first kappa shape index (κ1) is 57.4. The molecule has 4 aromatic carbocycles. The Labute approximate surface area is 471 Å². The normalized spacial score (nSPS) is 20.7. The van der Waals surface area contributed by atoms with Crippen LogP contribution in [0.3, 0.4) is 0 Å². The van der Waals surface area contributed by atoms with Crippen molar-refractivity contribution in [3.8, 4) is 23.0 Å². The zero-order valence-corrected chi connectivity index (χ0v) is 45.1. The number of aromatic nitrogens is 5. The van der Waals surface area contributed by atoms with Crippen LogP contribution in [0.4, 0.5) is 11.6 Å². The molecule has 7 atom stereocenters. The van der Waals surface area contributed by atoms with Gasteiger partial charge in [0.25, 0.3) is 21.5 Å². The van der Waals surface area contributed by atoms with Crippen LogP contribution in [0.5, 0.6) is 23.0 Å². The van der Waals surface area contributed by atoms with Crippen molar-refractivity contribution in [1.29, 1.82) is 0 Å². The van der Waals surface area contributed by atoms with Crippen molar-refractivity contribution in [3.63, 3.8) is 0 Å². The van der Waals surface area contributed by atoms with Crippen molar-refractivity contribution < 1.29 is 86.8 Å². The van der Waals surface area contributed by atoms with E-state index in [1.807, 2.05) is 0 Å². The molecule has 7 unspecified atom stereocenters. The number of thiazole rings is 1. The predicted octanol–water partition coefficient (Wildman–Crippen LogP) is 1.42. The lowest BCUT2D eigenvalue weighted by molar-refractivity contribution is -0.248. The average Bonchev–Trinajstić information content (AvgIpc) is 2.11. The highest BCUT2D eigenvalue weighted by atomic mass is 32.2. The molecule has 432 valence electrons. The van der Waals surface area contributed by atoms with Crippen molar-refractivity contribution in [1.82, 2.24) is 35.0 Å². The number of anilines is 2. The number of nitrogen functional groups attached to an aromatic ring is 1. The number of ketones is 3. The summed E-state index contributed by atoms with van der Waals surface area (Å²) in [6.45, 7) is 0.366. The molecule has 0 bridgehead atoms. The number of aliphatic carboxylic acids is 1.